The summed E-state index contributed by atoms with van der Waals surface area (Å²) >= 11 is 9.20. The quantitative estimate of drug-likeness (QED) is 0.939. The van der Waals surface area contributed by atoms with Crippen LogP contribution in [0.1, 0.15) is 15.9 Å². The van der Waals surface area contributed by atoms with Crippen LogP contribution in [0.2, 0.25) is 5.02 Å². The van der Waals surface area contributed by atoms with Gasteiger partial charge in [-0.25, -0.2) is 0 Å². The van der Waals surface area contributed by atoms with Gasteiger partial charge < -0.3 is 5.32 Å². The molecular formula is C13H10BrClN2O. The monoisotopic (exact) mass is 324 g/mol. The number of carbonyl (C=O) groups excluding carboxylic acids is 1. The third kappa shape index (κ3) is 3.55. The Hall–Kier alpha value is -1.39. The summed E-state index contributed by atoms with van der Waals surface area (Å²) in [4.78, 5) is 15.8. The van der Waals surface area contributed by atoms with Gasteiger partial charge in [-0.2, -0.15) is 0 Å². The van der Waals surface area contributed by atoms with Crippen LogP contribution in [0.25, 0.3) is 0 Å². The maximum absolute atomic E-state index is 11.9. The average molecular weight is 326 g/mol. The predicted molar refractivity (Wildman–Crippen MR) is 74.6 cm³/mol. The van der Waals surface area contributed by atoms with E-state index in [-0.39, 0.29) is 5.91 Å². The number of carbonyl (C=O) groups is 1. The Labute approximate surface area is 118 Å². The number of hydrogen-bond donors (Lipinski definition) is 1. The van der Waals surface area contributed by atoms with Crippen molar-refractivity contribution in [2.45, 2.75) is 6.54 Å². The van der Waals surface area contributed by atoms with Crippen LogP contribution < -0.4 is 5.32 Å². The Morgan fingerprint density at radius 2 is 2.00 bits per heavy atom. The highest BCUT2D eigenvalue weighted by Crippen LogP contribution is 2.19. The molecular weight excluding hydrogens is 316 g/mol. The minimum atomic E-state index is -0.157. The zero-order chi connectivity index (χ0) is 13.0. The minimum Gasteiger partial charge on any atom is -0.348 e. The molecule has 0 spiro atoms. The molecule has 0 bridgehead atoms. The first-order chi connectivity index (χ1) is 8.65. The highest BCUT2D eigenvalue weighted by molar-refractivity contribution is 9.10. The topological polar surface area (TPSA) is 42.0 Å². The number of hydrogen-bond acceptors (Lipinski definition) is 2. The van der Waals surface area contributed by atoms with E-state index in [1.807, 2.05) is 12.1 Å². The standard InChI is InChI=1S/C13H10BrClN2O/c14-11-5-10(6-12(15)7-11)13(18)17-8-9-1-3-16-4-2-9/h1-7H,8H2,(H,17,18). The molecule has 1 heterocycles. The normalized spacial score (nSPS) is 10.1. The van der Waals surface area contributed by atoms with Gasteiger partial charge in [0.05, 0.1) is 0 Å². The smallest absolute Gasteiger partial charge is 0.251 e. The van der Waals surface area contributed by atoms with Crippen molar-refractivity contribution in [1.82, 2.24) is 10.3 Å². The fourth-order valence-electron chi connectivity index (χ4n) is 1.47. The van der Waals surface area contributed by atoms with E-state index in [0.717, 1.165) is 10.0 Å². The molecule has 2 rings (SSSR count). The van der Waals surface area contributed by atoms with Gasteiger partial charge in [-0.05, 0) is 35.9 Å². The van der Waals surface area contributed by atoms with E-state index >= 15 is 0 Å². The van der Waals surface area contributed by atoms with Gasteiger partial charge in [-0.1, -0.05) is 27.5 Å². The Morgan fingerprint density at radius 3 is 2.67 bits per heavy atom. The molecule has 1 N–H and O–H groups in total. The second-order valence-corrected chi connectivity index (χ2v) is 5.05. The van der Waals surface area contributed by atoms with E-state index in [1.165, 1.54) is 0 Å². The molecule has 0 radical (unpaired) electrons. The molecule has 0 saturated heterocycles. The summed E-state index contributed by atoms with van der Waals surface area (Å²) in [7, 11) is 0. The van der Waals surface area contributed by atoms with Crippen LogP contribution in [-0.2, 0) is 6.54 Å². The summed E-state index contributed by atoms with van der Waals surface area (Å²) in [6.07, 6.45) is 3.38. The molecule has 1 aromatic heterocycles. The number of aromatic nitrogens is 1. The van der Waals surface area contributed by atoms with Gasteiger partial charge in [0, 0.05) is 34.0 Å². The Morgan fingerprint density at radius 1 is 1.28 bits per heavy atom. The van der Waals surface area contributed by atoms with Crippen molar-refractivity contribution in [3.8, 4) is 0 Å². The van der Waals surface area contributed by atoms with E-state index in [9.17, 15) is 4.79 Å². The lowest BCUT2D eigenvalue weighted by Gasteiger charge is -2.06. The zero-order valence-electron chi connectivity index (χ0n) is 9.36. The highest BCUT2D eigenvalue weighted by atomic mass is 79.9. The Balaban J connectivity index is 2.04. The molecule has 0 saturated carbocycles. The molecule has 0 unspecified atom stereocenters. The molecule has 0 fully saturated rings. The molecule has 1 amide bonds. The van der Waals surface area contributed by atoms with Crippen LogP contribution in [0, 0.1) is 0 Å². The molecule has 18 heavy (non-hydrogen) atoms. The van der Waals surface area contributed by atoms with Gasteiger partial charge in [0.2, 0.25) is 0 Å². The fraction of sp³-hybridized carbons (Fsp3) is 0.0769. The molecule has 0 aliphatic rings. The lowest BCUT2D eigenvalue weighted by Crippen LogP contribution is -2.22. The number of halogens is 2. The molecule has 3 nitrogen and oxygen atoms in total. The van der Waals surface area contributed by atoms with Gasteiger partial charge in [0.25, 0.3) is 5.91 Å². The van der Waals surface area contributed by atoms with Crippen molar-refractivity contribution in [2.75, 3.05) is 0 Å². The van der Waals surface area contributed by atoms with Crippen molar-refractivity contribution in [3.05, 3.63) is 63.3 Å². The molecule has 0 aliphatic carbocycles. The molecule has 2 aromatic rings. The summed E-state index contributed by atoms with van der Waals surface area (Å²) in [5.74, 6) is -0.157. The number of nitrogens with zero attached hydrogens (tertiary/aromatic N) is 1. The number of rotatable bonds is 3. The number of pyridine rings is 1. The first-order valence-electron chi connectivity index (χ1n) is 5.28. The van der Waals surface area contributed by atoms with E-state index in [2.05, 4.69) is 26.2 Å². The van der Waals surface area contributed by atoms with Gasteiger partial charge in [0.15, 0.2) is 0 Å². The van der Waals surface area contributed by atoms with E-state index in [1.54, 1.807) is 30.6 Å². The first kappa shape index (κ1) is 13.1. The third-order valence-corrected chi connectivity index (χ3v) is 3.00. The largest absolute Gasteiger partial charge is 0.348 e. The van der Waals surface area contributed by atoms with Crippen molar-refractivity contribution in [1.29, 1.82) is 0 Å². The van der Waals surface area contributed by atoms with Crippen LogP contribution >= 0.6 is 27.5 Å². The van der Waals surface area contributed by atoms with Crippen LogP contribution in [0.4, 0.5) is 0 Å². The lowest BCUT2D eigenvalue weighted by molar-refractivity contribution is 0.0951. The molecule has 1 aromatic carbocycles. The van der Waals surface area contributed by atoms with Crippen LogP contribution in [0.3, 0.4) is 0 Å². The third-order valence-electron chi connectivity index (χ3n) is 2.33. The first-order valence-corrected chi connectivity index (χ1v) is 6.45. The molecule has 92 valence electrons. The molecule has 5 heteroatoms. The van der Waals surface area contributed by atoms with E-state index in [0.29, 0.717) is 17.1 Å². The van der Waals surface area contributed by atoms with Crippen LogP contribution in [0.5, 0.6) is 0 Å². The van der Waals surface area contributed by atoms with Gasteiger partial charge in [-0.15, -0.1) is 0 Å². The molecule has 0 aliphatic heterocycles. The van der Waals surface area contributed by atoms with Gasteiger partial charge >= 0.3 is 0 Å². The van der Waals surface area contributed by atoms with E-state index < -0.39 is 0 Å². The van der Waals surface area contributed by atoms with E-state index in [4.69, 9.17) is 11.6 Å². The Kier molecular flexibility index (Phi) is 4.33. The predicted octanol–water partition coefficient (Wildman–Crippen LogP) is 3.43. The number of amides is 1. The van der Waals surface area contributed by atoms with Crippen molar-refractivity contribution >= 4 is 33.4 Å². The summed E-state index contributed by atoms with van der Waals surface area (Å²) in [6, 6.07) is 8.81. The maximum atomic E-state index is 11.9. The summed E-state index contributed by atoms with van der Waals surface area (Å²) in [6.45, 7) is 0.464. The highest BCUT2D eigenvalue weighted by Gasteiger charge is 2.07. The van der Waals surface area contributed by atoms with Crippen molar-refractivity contribution in [3.63, 3.8) is 0 Å². The number of nitrogens with one attached hydrogen (secondary N) is 1. The van der Waals surface area contributed by atoms with Crippen molar-refractivity contribution < 1.29 is 4.79 Å². The summed E-state index contributed by atoms with van der Waals surface area (Å²) < 4.78 is 0.782. The fourth-order valence-corrected chi connectivity index (χ4v) is 2.33. The summed E-state index contributed by atoms with van der Waals surface area (Å²) in [5.41, 5.74) is 1.53. The minimum absolute atomic E-state index is 0.157. The second kappa shape index (κ2) is 5.98. The van der Waals surface area contributed by atoms with Crippen LogP contribution in [-0.4, -0.2) is 10.9 Å². The zero-order valence-corrected chi connectivity index (χ0v) is 11.7. The maximum Gasteiger partial charge on any atom is 0.251 e. The summed E-state index contributed by atoms with van der Waals surface area (Å²) in [5, 5.41) is 3.35. The molecule has 0 atom stereocenters. The Bertz CT molecular complexity index is 540. The van der Waals surface area contributed by atoms with Crippen molar-refractivity contribution in [2.24, 2.45) is 0 Å². The van der Waals surface area contributed by atoms with Gasteiger partial charge in [0.1, 0.15) is 0 Å². The van der Waals surface area contributed by atoms with Gasteiger partial charge in [-0.3, -0.25) is 9.78 Å². The second-order valence-electron chi connectivity index (χ2n) is 3.70. The average Bonchev–Trinajstić information content (AvgIpc) is 2.36. The van der Waals surface area contributed by atoms with Crippen LogP contribution in [0.15, 0.2) is 47.2 Å². The number of benzene rings is 1. The SMILES string of the molecule is O=C(NCc1ccncc1)c1cc(Cl)cc(Br)c1. The lowest BCUT2D eigenvalue weighted by atomic mass is 10.2.